The standard InChI is InChI=1S/C19H20N2O4S/c1-11-15(18(23)25-10-9-24-2)17(21-19(26)20-11)16-13-6-4-3-5-12(13)7-8-14(16)22/h3-8,15,17,22H,1,9-10H2,2H3,(H2,20,21,26)/t15-,17-/m0/s1. The van der Waals surface area contributed by atoms with E-state index < -0.39 is 17.9 Å². The molecule has 0 aromatic heterocycles. The molecule has 0 amide bonds. The molecule has 2 aromatic rings. The van der Waals surface area contributed by atoms with E-state index in [4.69, 9.17) is 21.7 Å². The molecule has 1 aliphatic rings. The maximum absolute atomic E-state index is 12.7. The number of methoxy groups -OCH3 is 1. The first-order chi connectivity index (χ1) is 12.5. The van der Waals surface area contributed by atoms with Crippen molar-refractivity contribution in [3.8, 4) is 5.75 Å². The number of rotatable bonds is 5. The van der Waals surface area contributed by atoms with Crippen molar-refractivity contribution in [3.05, 3.63) is 54.2 Å². The van der Waals surface area contributed by atoms with Gasteiger partial charge in [-0.25, -0.2) is 0 Å². The first kappa shape index (κ1) is 18.2. The Morgan fingerprint density at radius 3 is 2.81 bits per heavy atom. The van der Waals surface area contributed by atoms with Gasteiger partial charge in [-0.3, -0.25) is 4.79 Å². The molecular weight excluding hydrogens is 352 g/mol. The average molecular weight is 372 g/mol. The van der Waals surface area contributed by atoms with Crippen molar-refractivity contribution in [3.63, 3.8) is 0 Å². The van der Waals surface area contributed by atoms with Crippen LogP contribution in [-0.2, 0) is 14.3 Å². The summed E-state index contributed by atoms with van der Waals surface area (Å²) in [6.07, 6.45) is 0. The predicted molar refractivity (Wildman–Crippen MR) is 103 cm³/mol. The van der Waals surface area contributed by atoms with E-state index >= 15 is 0 Å². The molecule has 2 aromatic carbocycles. The minimum atomic E-state index is -0.754. The first-order valence-electron chi connectivity index (χ1n) is 8.15. The largest absolute Gasteiger partial charge is 0.508 e. The minimum absolute atomic E-state index is 0.0772. The summed E-state index contributed by atoms with van der Waals surface area (Å²) in [6, 6.07) is 10.5. The molecule has 1 heterocycles. The Hall–Kier alpha value is -2.64. The topological polar surface area (TPSA) is 79.8 Å². The summed E-state index contributed by atoms with van der Waals surface area (Å²) in [7, 11) is 1.53. The van der Waals surface area contributed by atoms with Crippen molar-refractivity contribution in [2.75, 3.05) is 20.3 Å². The van der Waals surface area contributed by atoms with E-state index in [1.165, 1.54) is 7.11 Å². The number of phenols is 1. The van der Waals surface area contributed by atoms with Gasteiger partial charge in [0, 0.05) is 18.4 Å². The summed E-state index contributed by atoms with van der Waals surface area (Å²) in [5.41, 5.74) is 1.01. The highest BCUT2D eigenvalue weighted by Crippen LogP contribution is 2.39. The molecule has 3 N–H and O–H groups in total. The number of carbonyl (C=O) groups excluding carboxylic acids is 1. The van der Waals surface area contributed by atoms with Crippen LogP contribution in [0.3, 0.4) is 0 Å². The van der Waals surface area contributed by atoms with Crippen LogP contribution in [0, 0.1) is 5.92 Å². The number of nitrogens with one attached hydrogen (secondary N) is 2. The van der Waals surface area contributed by atoms with Crippen molar-refractivity contribution in [1.82, 2.24) is 10.6 Å². The van der Waals surface area contributed by atoms with Crippen LogP contribution in [-0.4, -0.2) is 36.5 Å². The second-order valence-corrected chi connectivity index (χ2v) is 6.37. The maximum atomic E-state index is 12.7. The number of esters is 1. The Kier molecular flexibility index (Phi) is 5.39. The van der Waals surface area contributed by atoms with E-state index in [1.54, 1.807) is 6.07 Å². The molecule has 1 saturated heterocycles. The summed E-state index contributed by atoms with van der Waals surface area (Å²) >= 11 is 5.23. The summed E-state index contributed by atoms with van der Waals surface area (Å²) in [5, 5.41) is 18.6. The number of hydrogen-bond donors (Lipinski definition) is 3. The second kappa shape index (κ2) is 7.72. The third-order valence-electron chi connectivity index (χ3n) is 4.31. The van der Waals surface area contributed by atoms with Gasteiger partial charge < -0.3 is 25.2 Å². The van der Waals surface area contributed by atoms with Crippen LogP contribution in [0.25, 0.3) is 10.8 Å². The maximum Gasteiger partial charge on any atom is 0.317 e. The van der Waals surface area contributed by atoms with Gasteiger partial charge in [-0.1, -0.05) is 36.9 Å². The van der Waals surface area contributed by atoms with Gasteiger partial charge in [-0.15, -0.1) is 0 Å². The molecule has 0 bridgehead atoms. The number of thiocarbonyl (C=S) groups is 1. The zero-order valence-corrected chi connectivity index (χ0v) is 15.1. The molecule has 26 heavy (non-hydrogen) atoms. The van der Waals surface area contributed by atoms with Crippen molar-refractivity contribution in [2.45, 2.75) is 6.04 Å². The number of aromatic hydroxyl groups is 1. The number of hydrogen-bond acceptors (Lipinski definition) is 5. The highest BCUT2D eigenvalue weighted by molar-refractivity contribution is 7.80. The van der Waals surface area contributed by atoms with Crippen molar-refractivity contribution >= 4 is 34.1 Å². The van der Waals surface area contributed by atoms with E-state index in [2.05, 4.69) is 17.2 Å². The van der Waals surface area contributed by atoms with Crippen LogP contribution < -0.4 is 10.6 Å². The molecular formula is C19H20N2O4S. The Balaban J connectivity index is 2.05. The highest BCUT2D eigenvalue weighted by atomic mass is 32.1. The summed E-state index contributed by atoms with van der Waals surface area (Å²) in [6.45, 7) is 4.37. The van der Waals surface area contributed by atoms with E-state index in [1.807, 2.05) is 30.3 Å². The highest BCUT2D eigenvalue weighted by Gasteiger charge is 2.39. The van der Waals surface area contributed by atoms with Gasteiger partial charge in [0.1, 0.15) is 18.3 Å². The lowest BCUT2D eigenvalue weighted by molar-refractivity contribution is -0.149. The van der Waals surface area contributed by atoms with Gasteiger partial charge in [0.25, 0.3) is 0 Å². The zero-order valence-electron chi connectivity index (χ0n) is 14.3. The minimum Gasteiger partial charge on any atom is -0.508 e. The lowest BCUT2D eigenvalue weighted by atomic mass is 9.86. The van der Waals surface area contributed by atoms with Crippen LogP contribution in [0.5, 0.6) is 5.75 Å². The van der Waals surface area contributed by atoms with Crippen LogP contribution in [0.2, 0.25) is 0 Å². The lowest BCUT2D eigenvalue weighted by Gasteiger charge is -2.35. The SMILES string of the molecule is C=C1NC(=S)N[C@H](c2c(O)ccc3ccccc23)[C@H]1C(=O)OCCOC. The number of ether oxygens (including phenoxy) is 2. The zero-order chi connectivity index (χ0) is 18.7. The normalized spacial score (nSPS) is 19.7. The van der Waals surface area contributed by atoms with Gasteiger partial charge in [0.05, 0.1) is 12.6 Å². The monoisotopic (exact) mass is 372 g/mol. The molecule has 136 valence electrons. The Bertz CT molecular complexity index is 868. The summed E-state index contributed by atoms with van der Waals surface area (Å²) < 4.78 is 10.2. The predicted octanol–water partition coefficient (Wildman–Crippen LogP) is 2.38. The van der Waals surface area contributed by atoms with Gasteiger partial charge in [0.15, 0.2) is 5.11 Å². The molecule has 0 spiro atoms. The summed E-state index contributed by atoms with van der Waals surface area (Å²) in [4.78, 5) is 12.7. The van der Waals surface area contributed by atoms with Crippen molar-refractivity contribution in [1.29, 1.82) is 0 Å². The molecule has 2 atom stereocenters. The van der Waals surface area contributed by atoms with Crippen LogP contribution >= 0.6 is 12.2 Å². The van der Waals surface area contributed by atoms with Crippen molar-refractivity contribution < 1.29 is 19.4 Å². The van der Waals surface area contributed by atoms with Gasteiger partial charge in [-0.05, 0) is 29.1 Å². The van der Waals surface area contributed by atoms with Crippen LogP contribution in [0.1, 0.15) is 11.6 Å². The molecule has 0 radical (unpaired) electrons. The molecule has 1 aliphatic heterocycles. The fourth-order valence-electron chi connectivity index (χ4n) is 3.13. The average Bonchev–Trinajstić information content (AvgIpc) is 2.61. The fourth-order valence-corrected chi connectivity index (χ4v) is 3.39. The van der Waals surface area contributed by atoms with Gasteiger partial charge in [-0.2, -0.15) is 0 Å². The summed E-state index contributed by atoms with van der Waals surface area (Å²) in [5.74, 6) is -1.14. The van der Waals surface area contributed by atoms with E-state index in [9.17, 15) is 9.90 Å². The Morgan fingerprint density at radius 2 is 2.04 bits per heavy atom. The molecule has 0 unspecified atom stereocenters. The molecule has 1 fully saturated rings. The molecule has 3 rings (SSSR count). The number of phenolic OH excluding ortho intramolecular Hbond substituents is 1. The molecule has 6 nitrogen and oxygen atoms in total. The third kappa shape index (κ3) is 3.49. The van der Waals surface area contributed by atoms with Gasteiger partial charge >= 0.3 is 5.97 Å². The second-order valence-electron chi connectivity index (χ2n) is 5.96. The van der Waals surface area contributed by atoms with Crippen molar-refractivity contribution in [2.24, 2.45) is 5.92 Å². The first-order valence-corrected chi connectivity index (χ1v) is 8.56. The Morgan fingerprint density at radius 1 is 1.27 bits per heavy atom. The molecule has 7 heteroatoms. The third-order valence-corrected chi connectivity index (χ3v) is 4.53. The number of fused-ring (bicyclic) bond motifs is 1. The van der Waals surface area contributed by atoms with E-state index in [0.717, 1.165) is 10.8 Å². The molecule has 0 saturated carbocycles. The van der Waals surface area contributed by atoms with E-state index in [0.29, 0.717) is 23.0 Å². The number of benzene rings is 2. The quantitative estimate of drug-likeness (QED) is 0.422. The van der Waals surface area contributed by atoms with Crippen LogP contribution in [0.15, 0.2) is 48.7 Å². The van der Waals surface area contributed by atoms with E-state index in [-0.39, 0.29) is 12.4 Å². The Labute approximate surface area is 156 Å². The lowest BCUT2D eigenvalue weighted by Crippen LogP contribution is -2.51. The van der Waals surface area contributed by atoms with Crippen LogP contribution in [0.4, 0.5) is 0 Å². The number of carbonyl (C=O) groups is 1. The fraction of sp³-hybridized carbons (Fsp3) is 0.263. The smallest absolute Gasteiger partial charge is 0.317 e. The van der Waals surface area contributed by atoms with Gasteiger partial charge in [0.2, 0.25) is 0 Å². The molecule has 0 aliphatic carbocycles.